The summed E-state index contributed by atoms with van der Waals surface area (Å²) in [4.78, 5) is 28.5. The minimum atomic E-state index is -0.763. The molecular weight excluding hydrogens is 366 g/mol. The smallest absolute Gasteiger partial charge is 0.346 e. The molecule has 0 fully saturated rings. The Hall–Kier alpha value is -3.19. The lowest BCUT2D eigenvalue weighted by Crippen LogP contribution is -2.24. The number of ether oxygens (including phenoxy) is 2. The third-order valence-corrected chi connectivity index (χ3v) is 5.15. The highest BCUT2D eigenvalue weighted by Gasteiger charge is 2.16. The lowest BCUT2D eigenvalue weighted by Gasteiger charge is -2.12. The van der Waals surface area contributed by atoms with Crippen molar-refractivity contribution in [2.24, 2.45) is 0 Å². The fourth-order valence-corrected chi connectivity index (χ4v) is 3.69. The van der Waals surface area contributed by atoms with Crippen molar-refractivity contribution in [3.05, 3.63) is 59.0 Å². The summed E-state index contributed by atoms with van der Waals surface area (Å²) < 4.78 is 16.6. The average Bonchev–Trinajstić information content (AvgIpc) is 3.10. The summed E-state index contributed by atoms with van der Waals surface area (Å²) in [5, 5.41) is 1.36. The molecule has 0 aliphatic heterocycles. The number of nitrogens with zero attached hydrogens (tertiary/aromatic N) is 1. The Bertz CT molecular complexity index is 1180. The third kappa shape index (κ3) is 3.29. The van der Waals surface area contributed by atoms with Gasteiger partial charge in [-0.3, -0.25) is 0 Å². The van der Waals surface area contributed by atoms with Crippen LogP contribution in [-0.4, -0.2) is 24.2 Å². The molecule has 4 aromatic rings. The molecule has 2 aromatic heterocycles. The quantitative estimate of drug-likeness (QED) is 0.393. The van der Waals surface area contributed by atoms with E-state index in [2.05, 4.69) is 9.72 Å². The van der Waals surface area contributed by atoms with Crippen LogP contribution in [0.3, 0.4) is 0 Å². The van der Waals surface area contributed by atoms with E-state index in [9.17, 15) is 9.59 Å². The fourth-order valence-electron chi connectivity index (χ4n) is 2.72. The van der Waals surface area contributed by atoms with Crippen LogP contribution in [0, 0.1) is 0 Å². The molecule has 4 rings (SSSR count). The molecule has 6 nitrogen and oxygen atoms in total. The fraction of sp³-hybridized carbons (Fsp3) is 0.150. The van der Waals surface area contributed by atoms with Gasteiger partial charge in [-0.2, -0.15) is 0 Å². The van der Waals surface area contributed by atoms with Crippen LogP contribution in [0.1, 0.15) is 6.92 Å². The van der Waals surface area contributed by atoms with Gasteiger partial charge in [-0.25, -0.2) is 14.6 Å². The summed E-state index contributed by atoms with van der Waals surface area (Å²) >= 11 is 1.44. The normalized spacial score (nSPS) is 12.2. The Kier molecular flexibility index (Phi) is 4.37. The van der Waals surface area contributed by atoms with Crippen molar-refractivity contribution in [3.63, 3.8) is 0 Å². The minimum absolute atomic E-state index is 0.374. The van der Waals surface area contributed by atoms with Crippen LogP contribution < -0.4 is 10.4 Å². The number of benzene rings is 2. The minimum Gasteiger partial charge on any atom is -0.479 e. The zero-order valence-electron chi connectivity index (χ0n) is 14.6. The van der Waals surface area contributed by atoms with Crippen molar-refractivity contribution in [1.29, 1.82) is 0 Å². The number of carbonyl (C=O) groups is 1. The second-order valence-electron chi connectivity index (χ2n) is 5.92. The van der Waals surface area contributed by atoms with Gasteiger partial charge >= 0.3 is 11.6 Å². The van der Waals surface area contributed by atoms with E-state index in [1.54, 1.807) is 31.2 Å². The van der Waals surface area contributed by atoms with Crippen molar-refractivity contribution >= 4 is 38.5 Å². The van der Waals surface area contributed by atoms with Gasteiger partial charge in [-0.1, -0.05) is 12.1 Å². The number of hydrogen-bond donors (Lipinski definition) is 0. The molecule has 0 unspecified atom stereocenters. The highest BCUT2D eigenvalue weighted by atomic mass is 32.1. The summed E-state index contributed by atoms with van der Waals surface area (Å²) in [6.45, 7) is 1.59. The molecule has 0 amide bonds. The molecule has 0 N–H and O–H groups in total. The molecule has 7 heteroatoms. The first-order chi connectivity index (χ1) is 13.0. The Labute approximate surface area is 158 Å². The number of rotatable bonds is 4. The van der Waals surface area contributed by atoms with E-state index in [-0.39, 0.29) is 0 Å². The molecule has 0 saturated heterocycles. The lowest BCUT2D eigenvalue weighted by atomic mass is 10.2. The van der Waals surface area contributed by atoms with Gasteiger partial charge in [0.25, 0.3) is 0 Å². The molecule has 0 radical (unpaired) electrons. The summed E-state index contributed by atoms with van der Waals surface area (Å²) in [5.41, 5.74) is 1.16. The Morgan fingerprint density at radius 2 is 2.00 bits per heavy atom. The summed E-state index contributed by atoms with van der Waals surface area (Å²) in [6.07, 6.45) is -0.763. The van der Waals surface area contributed by atoms with Crippen molar-refractivity contribution < 1.29 is 18.7 Å². The molecular formula is C20H15NO5S. The van der Waals surface area contributed by atoms with E-state index >= 15 is 0 Å². The second-order valence-corrected chi connectivity index (χ2v) is 6.95. The highest BCUT2D eigenvalue weighted by molar-refractivity contribution is 7.21. The number of para-hydroxylation sites is 1. The Morgan fingerprint density at radius 1 is 1.19 bits per heavy atom. The van der Waals surface area contributed by atoms with Gasteiger partial charge < -0.3 is 13.9 Å². The maximum absolute atomic E-state index is 12.5. The summed E-state index contributed by atoms with van der Waals surface area (Å²) in [7, 11) is 1.30. The first-order valence-electron chi connectivity index (χ1n) is 8.23. The Morgan fingerprint density at radius 3 is 2.78 bits per heavy atom. The van der Waals surface area contributed by atoms with Gasteiger partial charge in [0.1, 0.15) is 16.3 Å². The number of carbonyl (C=O) groups excluding carboxylic acids is 1. The van der Waals surface area contributed by atoms with Gasteiger partial charge in [0, 0.05) is 11.5 Å². The van der Waals surface area contributed by atoms with E-state index < -0.39 is 17.7 Å². The SMILES string of the molecule is COC(=O)[C@H](C)Oc1ccc2cc(-c3nc4ccccc4s3)c(=O)oc2c1. The van der Waals surface area contributed by atoms with Crippen LogP contribution >= 0.6 is 11.3 Å². The maximum atomic E-state index is 12.5. The van der Waals surface area contributed by atoms with Crippen molar-refractivity contribution in [2.45, 2.75) is 13.0 Å². The standard InChI is InChI=1S/C20H15NO5S/c1-11(19(22)24-2)25-13-8-7-12-9-14(20(23)26-16(12)10-13)18-21-15-5-3-4-6-17(15)27-18/h3-11H,1-2H3/t11-/m0/s1. The number of thiazole rings is 1. The third-order valence-electron chi connectivity index (χ3n) is 4.08. The van der Waals surface area contributed by atoms with E-state index in [1.165, 1.54) is 18.4 Å². The zero-order valence-corrected chi connectivity index (χ0v) is 15.4. The molecule has 1 atom stereocenters. The number of hydrogen-bond acceptors (Lipinski definition) is 7. The number of fused-ring (bicyclic) bond motifs is 2. The van der Waals surface area contributed by atoms with Crippen molar-refractivity contribution in [1.82, 2.24) is 4.98 Å². The van der Waals surface area contributed by atoms with Crippen LogP contribution in [0.25, 0.3) is 31.8 Å². The second kappa shape index (κ2) is 6.85. The molecule has 27 heavy (non-hydrogen) atoms. The van der Waals surface area contributed by atoms with E-state index in [1.807, 2.05) is 24.3 Å². The van der Waals surface area contributed by atoms with E-state index in [0.717, 1.165) is 15.6 Å². The zero-order chi connectivity index (χ0) is 19.0. The summed E-state index contributed by atoms with van der Waals surface area (Å²) in [6, 6.07) is 14.5. The van der Waals surface area contributed by atoms with Crippen LogP contribution in [0.5, 0.6) is 5.75 Å². The van der Waals surface area contributed by atoms with Crippen molar-refractivity contribution in [2.75, 3.05) is 7.11 Å². The Balaban J connectivity index is 1.73. The van der Waals surface area contributed by atoms with E-state index in [0.29, 0.717) is 21.9 Å². The first kappa shape index (κ1) is 17.2. The average molecular weight is 381 g/mol. The molecule has 0 saturated carbocycles. The molecule has 136 valence electrons. The van der Waals surface area contributed by atoms with Crippen LogP contribution in [0.15, 0.2) is 57.7 Å². The number of methoxy groups -OCH3 is 1. The number of aromatic nitrogens is 1. The largest absolute Gasteiger partial charge is 0.479 e. The van der Waals surface area contributed by atoms with Crippen LogP contribution in [0.4, 0.5) is 0 Å². The predicted octanol–water partition coefficient (Wildman–Crippen LogP) is 4.01. The van der Waals surface area contributed by atoms with Crippen LogP contribution in [-0.2, 0) is 9.53 Å². The topological polar surface area (TPSA) is 78.6 Å². The molecule has 0 bridgehead atoms. The monoisotopic (exact) mass is 381 g/mol. The van der Waals surface area contributed by atoms with Crippen LogP contribution in [0.2, 0.25) is 0 Å². The van der Waals surface area contributed by atoms with Gasteiger partial charge in [0.2, 0.25) is 0 Å². The molecule has 2 aromatic carbocycles. The van der Waals surface area contributed by atoms with E-state index in [4.69, 9.17) is 9.15 Å². The van der Waals surface area contributed by atoms with Gasteiger partial charge in [-0.05, 0) is 37.3 Å². The van der Waals surface area contributed by atoms with Crippen molar-refractivity contribution in [3.8, 4) is 16.3 Å². The van der Waals surface area contributed by atoms with Gasteiger partial charge in [-0.15, -0.1) is 11.3 Å². The summed E-state index contributed by atoms with van der Waals surface area (Å²) in [5.74, 6) is -0.0704. The predicted molar refractivity (Wildman–Crippen MR) is 103 cm³/mol. The molecule has 2 heterocycles. The molecule has 0 aliphatic carbocycles. The maximum Gasteiger partial charge on any atom is 0.346 e. The van der Waals surface area contributed by atoms with Gasteiger partial charge in [0.05, 0.1) is 22.9 Å². The first-order valence-corrected chi connectivity index (χ1v) is 9.05. The van der Waals surface area contributed by atoms with Gasteiger partial charge in [0.15, 0.2) is 6.10 Å². The molecule has 0 aliphatic rings. The highest BCUT2D eigenvalue weighted by Crippen LogP contribution is 2.30. The number of esters is 1. The lowest BCUT2D eigenvalue weighted by molar-refractivity contribution is -0.147. The molecule has 0 spiro atoms.